The van der Waals surface area contributed by atoms with Gasteiger partial charge in [-0.3, -0.25) is 14.4 Å². The van der Waals surface area contributed by atoms with Gasteiger partial charge in [-0.2, -0.15) is 0 Å². The third-order valence-electron chi connectivity index (χ3n) is 5.11. The number of aryl methyl sites for hydroxylation is 1. The van der Waals surface area contributed by atoms with Crippen molar-refractivity contribution < 1.29 is 4.79 Å². The molecule has 0 aliphatic carbocycles. The SMILES string of the molecule is CCn1c(=O)c(=O)[nH]c2cc(C(=O)N3CCC(C(C)N)CC3)ccc21. The fraction of sp³-hybridized carbons (Fsp3) is 0.500. The largest absolute Gasteiger partial charge is 0.339 e. The summed E-state index contributed by atoms with van der Waals surface area (Å²) in [6, 6.07) is 5.24. The number of H-pyrrole nitrogens is 1. The molecule has 1 atom stereocenters. The minimum absolute atomic E-state index is 0.0554. The van der Waals surface area contributed by atoms with Crippen LogP contribution in [0.2, 0.25) is 0 Å². The highest BCUT2D eigenvalue weighted by Gasteiger charge is 2.25. The Labute approximate surface area is 145 Å². The van der Waals surface area contributed by atoms with E-state index in [0.29, 0.717) is 42.1 Å². The van der Waals surface area contributed by atoms with Crippen molar-refractivity contribution in [3.63, 3.8) is 0 Å². The molecule has 0 saturated carbocycles. The maximum atomic E-state index is 12.8. The van der Waals surface area contributed by atoms with Crippen molar-refractivity contribution in [1.82, 2.24) is 14.5 Å². The smallest absolute Gasteiger partial charge is 0.316 e. The Morgan fingerprint density at radius 2 is 2.00 bits per heavy atom. The molecule has 3 rings (SSSR count). The first kappa shape index (κ1) is 17.4. The molecule has 1 fully saturated rings. The van der Waals surface area contributed by atoms with Crippen molar-refractivity contribution >= 4 is 16.9 Å². The number of carbonyl (C=O) groups excluding carboxylic acids is 1. The lowest BCUT2D eigenvalue weighted by atomic mass is 9.90. The number of hydrogen-bond donors (Lipinski definition) is 2. The van der Waals surface area contributed by atoms with Crippen LogP contribution < -0.4 is 16.9 Å². The highest BCUT2D eigenvalue weighted by Crippen LogP contribution is 2.22. The summed E-state index contributed by atoms with van der Waals surface area (Å²) < 4.78 is 1.41. The maximum Gasteiger partial charge on any atom is 0.316 e. The van der Waals surface area contributed by atoms with Gasteiger partial charge in [0.25, 0.3) is 5.91 Å². The highest BCUT2D eigenvalue weighted by atomic mass is 16.2. The van der Waals surface area contributed by atoms with E-state index in [1.165, 1.54) is 4.57 Å². The molecule has 134 valence electrons. The first-order valence-corrected chi connectivity index (χ1v) is 8.74. The molecule has 2 heterocycles. The van der Waals surface area contributed by atoms with Gasteiger partial charge in [0.15, 0.2) is 0 Å². The topological polar surface area (TPSA) is 101 Å². The van der Waals surface area contributed by atoms with Crippen LogP contribution >= 0.6 is 0 Å². The summed E-state index contributed by atoms with van der Waals surface area (Å²) in [4.78, 5) is 40.9. The predicted molar refractivity (Wildman–Crippen MR) is 96.8 cm³/mol. The van der Waals surface area contributed by atoms with Crippen molar-refractivity contribution in [2.45, 2.75) is 39.3 Å². The number of nitrogens with zero attached hydrogens (tertiary/aromatic N) is 2. The zero-order chi connectivity index (χ0) is 18.1. The minimum Gasteiger partial charge on any atom is -0.339 e. The van der Waals surface area contributed by atoms with Gasteiger partial charge in [-0.25, -0.2) is 0 Å². The van der Waals surface area contributed by atoms with Crippen LogP contribution in [0.1, 0.15) is 37.0 Å². The van der Waals surface area contributed by atoms with E-state index in [1.807, 2.05) is 18.7 Å². The quantitative estimate of drug-likeness (QED) is 0.808. The number of benzene rings is 1. The van der Waals surface area contributed by atoms with E-state index in [4.69, 9.17) is 5.73 Å². The molecular formula is C18H24N4O3. The number of nitrogens with one attached hydrogen (secondary N) is 1. The van der Waals surface area contributed by atoms with Gasteiger partial charge < -0.3 is 20.2 Å². The molecule has 3 N–H and O–H groups in total. The molecule has 1 amide bonds. The fourth-order valence-corrected chi connectivity index (χ4v) is 3.54. The lowest BCUT2D eigenvalue weighted by molar-refractivity contribution is 0.0681. The predicted octanol–water partition coefficient (Wildman–Crippen LogP) is 0.909. The average molecular weight is 344 g/mol. The number of amides is 1. The van der Waals surface area contributed by atoms with Crippen molar-refractivity contribution in [3.8, 4) is 0 Å². The van der Waals surface area contributed by atoms with E-state index in [9.17, 15) is 14.4 Å². The van der Waals surface area contributed by atoms with Crippen LogP contribution in [0.5, 0.6) is 0 Å². The van der Waals surface area contributed by atoms with Crippen molar-refractivity contribution in [2.24, 2.45) is 11.7 Å². The van der Waals surface area contributed by atoms with Crippen LogP contribution in [0, 0.1) is 5.92 Å². The van der Waals surface area contributed by atoms with E-state index in [2.05, 4.69) is 4.98 Å². The molecule has 7 heteroatoms. The van der Waals surface area contributed by atoms with Crippen LogP contribution in [0.25, 0.3) is 11.0 Å². The summed E-state index contributed by atoms with van der Waals surface area (Å²) in [5.41, 5.74) is 6.35. The van der Waals surface area contributed by atoms with Crippen LogP contribution in [-0.2, 0) is 6.54 Å². The second-order valence-corrected chi connectivity index (χ2v) is 6.72. The van der Waals surface area contributed by atoms with Gasteiger partial charge in [-0.1, -0.05) is 0 Å². The Balaban J connectivity index is 1.90. The lowest BCUT2D eigenvalue weighted by Gasteiger charge is -2.33. The molecule has 1 saturated heterocycles. The molecule has 0 spiro atoms. The zero-order valence-electron chi connectivity index (χ0n) is 14.6. The maximum absolute atomic E-state index is 12.8. The summed E-state index contributed by atoms with van der Waals surface area (Å²) in [5, 5.41) is 0. The molecule has 1 aliphatic rings. The standard InChI is InChI=1S/C18H24N4O3/c1-3-22-15-5-4-13(10-14(15)20-16(23)18(22)25)17(24)21-8-6-12(7-9-21)11(2)19/h4-5,10-12H,3,6-9,19H2,1-2H3,(H,20,23). The number of aromatic nitrogens is 2. The summed E-state index contributed by atoms with van der Waals surface area (Å²) >= 11 is 0. The van der Waals surface area contributed by atoms with Gasteiger partial charge in [-0.05, 0) is 50.8 Å². The second kappa shape index (κ2) is 6.84. The van der Waals surface area contributed by atoms with Crippen LogP contribution in [0.3, 0.4) is 0 Å². The fourth-order valence-electron chi connectivity index (χ4n) is 3.54. The molecule has 2 aromatic rings. The highest BCUT2D eigenvalue weighted by molar-refractivity contribution is 5.97. The first-order chi connectivity index (χ1) is 11.9. The normalized spacial score (nSPS) is 17.0. The van der Waals surface area contributed by atoms with Gasteiger partial charge in [-0.15, -0.1) is 0 Å². The van der Waals surface area contributed by atoms with E-state index >= 15 is 0 Å². The van der Waals surface area contributed by atoms with Crippen molar-refractivity contribution in [3.05, 3.63) is 44.5 Å². The van der Waals surface area contributed by atoms with Gasteiger partial charge in [0, 0.05) is 31.2 Å². The molecule has 1 aromatic heterocycles. The van der Waals surface area contributed by atoms with E-state index in [0.717, 1.165) is 12.8 Å². The minimum atomic E-state index is -0.670. The number of fused-ring (bicyclic) bond motifs is 1. The molecule has 1 unspecified atom stereocenters. The molecule has 0 radical (unpaired) electrons. The third kappa shape index (κ3) is 3.24. The second-order valence-electron chi connectivity index (χ2n) is 6.72. The molecule has 0 bridgehead atoms. The Hall–Kier alpha value is -2.41. The molecule has 1 aromatic carbocycles. The number of nitrogens with two attached hydrogens (primary N) is 1. The monoisotopic (exact) mass is 344 g/mol. The molecular weight excluding hydrogens is 320 g/mol. The van der Waals surface area contributed by atoms with Gasteiger partial charge in [0.05, 0.1) is 11.0 Å². The summed E-state index contributed by atoms with van der Waals surface area (Å²) in [6.07, 6.45) is 1.81. The van der Waals surface area contributed by atoms with Gasteiger partial charge in [0.2, 0.25) is 0 Å². The first-order valence-electron chi connectivity index (χ1n) is 8.74. The van der Waals surface area contributed by atoms with E-state index in [-0.39, 0.29) is 11.9 Å². The zero-order valence-corrected chi connectivity index (χ0v) is 14.6. The van der Waals surface area contributed by atoms with E-state index < -0.39 is 11.1 Å². The van der Waals surface area contributed by atoms with Crippen LogP contribution in [0.4, 0.5) is 0 Å². The third-order valence-corrected chi connectivity index (χ3v) is 5.11. The van der Waals surface area contributed by atoms with Crippen molar-refractivity contribution in [1.29, 1.82) is 0 Å². The number of carbonyl (C=O) groups is 1. The Morgan fingerprint density at radius 3 is 2.60 bits per heavy atom. The number of piperidine rings is 1. The Bertz CT molecular complexity index is 905. The summed E-state index contributed by atoms with van der Waals surface area (Å²) in [7, 11) is 0. The van der Waals surface area contributed by atoms with Gasteiger partial charge >= 0.3 is 11.1 Å². The Morgan fingerprint density at radius 1 is 1.32 bits per heavy atom. The average Bonchev–Trinajstić information content (AvgIpc) is 2.62. The molecule has 25 heavy (non-hydrogen) atoms. The summed E-state index contributed by atoms with van der Waals surface area (Å²) in [6.45, 7) is 5.59. The summed E-state index contributed by atoms with van der Waals surface area (Å²) in [5.74, 6) is 0.399. The molecule has 7 nitrogen and oxygen atoms in total. The van der Waals surface area contributed by atoms with Crippen LogP contribution in [-0.4, -0.2) is 39.5 Å². The Kier molecular flexibility index (Phi) is 4.76. The number of rotatable bonds is 3. The number of likely N-dealkylation sites (tertiary alicyclic amines) is 1. The van der Waals surface area contributed by atoms with E-state index in [1.54, 1.807) is 18.2 Å². The number of aromatic amines is 1. The van der Waals surface area contributed by atoms with Crippen LogP contribution in [0.15, 0.2) is 27.8 Å². The molecule has 1 aliphatic heterocycles. The number of hydrogen-bond acceptors (Lipinski definition) is 4. The lowest BCUT2D eigenvalue weighted by Crippen LogP contribution is -2.42. The van der Waals surface area contributed by atoms with Crippen molar-refractivity contribution in [2.75, 3.05) is 13.1 Å². The van der Waals surface area contributed by atoms with Gasteiger partial charge in [0.1, 0.15) is 0 Å².